The van der Waals surface area contributed by atoms with Gasteiger partial charge in [0.15, 0.2) is 5.78 Å². The molecule has 1 rings (SSSR count). The lowest BCUT2D eigenvalue weighted by atomic mass is 10.1. The summed E-state index contributed by atoms with van der Waals surface area (Å²) in [5.74, 6) is 0.759. The molecule has 0 bridgehead atoms. The highest BCUT2D eigenvalue weighted by Gasteiger charge is 2.13. The fraction of sp³-hybridized carbons (Fsp3) is 0.364. The van der Waals surface area contributed by atoms with Crippen molar-refractivity contribution in [3.8, 4) is 5.75 Å². The lowest BCUT2D eigenvalue weighted by Gasteiger charge is -2.09. The van der Waals surface area contributed by atoms with Gasteiger partial charge in [-0.15, -0.1) is 0 Å². The van der Waals surface area contributed by atoms with Gasteiger partial charge in [-0.2, -0.15) is 0 Å². The molecular weight excluding hydrogens is 244 g/mol. The van der Waals surface area contributed by atoms with E-state index in [1.54, 1.807) is 0 Å². The van der Waals surface area contributed by atoms with Gasteiger partial charge in [-0.05, 0) is 35.0 Å². The number of hydrogen-bond donors (Lipinski definition) is 0. The average Bonchev–Trinajstić information content (AvgIpc) is 2.18. The Morgan fingerprint density at radius 2 is 2.14 bits per heavy atom. The molecule has 0 unspecified atom stereocenters. The SMILES string of the molecule is CCOc1cccc(Br)c1C(=O)CC. The molecular formula is C11H13BrO2. The number of halogens is 1. The predicted octanol–water partition coefficient (Wildman–Crippen LogP) is 3.44. The van der Waals surface area contributed by atoms with Gasteiger partial charge in [0, 0.05) is 10.9 Å². The van der Waals surface area contributed by atoms with E-state index in [1.165, 1.54) is 0 Å². The van der Waals surface area contributed by atoms with Crippen molar-refractivity contribution in [3.05, 3.63) is 28.2 Å². The van der Waals surface area contributed by atoms with Crippen molar-refractivity contribution in [2.45, 2.75) is 20.3 Å². The first-order chi connectivity index (χ1) is 6.70. The molecule has 0 saturated heterocycles. The summed E-state index contributed by atoms with van der Waals surface area (Å²) in [7, 11) is 0. The summed E-state index contributed by atoms with van der Waals surface area (Å²) in [5, 5.41) is 0. The van der Waals surface area contributed by atoms with Gasteiger partial charge in [0.05, 0.1) is 12.2 Å². The molecule has 1 aromatic carbocycles. The van der Waals surface area contributed by atoms with Gasteiger partial charge >= 0.3 is 0 Å². The van der Waals surface area contributed by atoms with Crippen LogP contribution in [0.25, 0.3) is 0 Å². The Morgan fingerprint density at radius 1 is 1.43 bits per heavy atom. The van der Waals surface area contributed by atoms with Crippen LogP contribution in [0.5, 0.6) is 5.75 Å². The van der Waals surface area contributed by atoms with E-state index in [9.17, 15) is 4.79 Å². The number of carbonyl (C=O) groups is 1. The summed E-state index contributed by atoms with van der Waals surface area (Å²) < 4.78 is 6.19. The highest BCUT2D eigenvalue weighted by Crippen LogP contribution is 2.27. The van der Waals surface area contributed by atoms with Crippen LogP contribution in [0.4, 0.5) is 0 Å². The van der Waals surface area contributed by atoms with Crippen molar-refractivity contribution in [2.75, 3.05) is 6.61 Å². The van der Waals surface area contributed by atoms with E-state index in [0.717, 1.165) is 4.47 Å². The molecule has 3 heteroatoms. The second-order valence-electron chi connectivity index (χ2n) is 2.82. The molecule has 1 aromatic rings. The number of Topliss-reactive ketones (excluding diaryl/α,β-unsaturated/α-hetero) is 1. The molecule has 0 aliphatic heterocycles. The highest BCUT2D eigenvalue weighted by atomic mass is 79.9. The molecule has 76 valence electrons. The van der Waals surface area contributed by atoms with Crippen molar-refractivity contribution in [1.29, 1.82) is 0 Å². The Bertz CT molecular complexity index is 334. The smallest absolute Gasteiger partial charge is 0.167 e. The maximum atomic E-state index is 11.6. The third kappa shape index (κ3) is 2.35. The van der Waals surface area contributed by atoms with E-state index in [4.69, 9.17) is 4.74 Å². The quantitative estimate of drug-likeness (QED) is 0.772. The van der Waals surface area contributed by atoms with E-state index in [1.807, 2.05) is 32.0 Å². The number of hydrogen-bond acceptors (Lipinski definition) is 2. The van der Waals surface area contributed by atoms with Crippen LogP contribution in [-0.4, -0.2) is 12.4 Å². The summed E-state index contributed by atoms with van der Waals surface area (Å²) >= 11 is 3.36. The van der Waals surface area contributed by atoms with Gasteiger partial charge in [-0.25, -0.2) is 0 Å². The van der Waals surface area contributed by atoms with E-state index in [-0.39, 0.29) is 5.78 Å². The highest BCUT2D eigenvalue weighted by molar-refractivity contribution is 9.10. The predicted molar refractivity (Wildman–Crippen MR) is 59.9 cm³/mol. The van der Waals surface area contributed by atoms with E-state index in [0.29, 0.717) is 24.3 Å². The Hall–Kier alpha value is -0.830. The van der Waals surface area contributed by atoms with Gasteiger partial charge in [-0.3, -0.25) is 4.79 Å². The first-order valence-corrected chi connectivity index (χ1v) is 5.44. The number of rotatable bonds is 4. The third-order valence-electron chi connectivity index (χ3n) is 1.88. The lowest BCUT2D eigenvalue weighted by molar-refractivity contribution is 0.0983. The first-order valence-electron chi connectivity index (χ1n) is 4.65. The fourth-order valence-electron chi connectivity index (χ4n) is 1.23. The minimum absolute atomic E-state index is 0.0981. The summed E-state index contributed by atoms with van der Waals surface area (Å²) in [5.41, 5.74) is 0.650. The number of ketones is 1. The van der Waals surface area contributed by atoms with Gasteiger partial charge < -0.3 is 4.74 Å². The Balaban J connectivity index is 3.15. The third-order valence-corrected chi connectivity index (χ3v) is 2.54. The molecule has 0 fully saturated rings. The summed E-state index contributed by atoms with van der Waals surface area (Å²) in [6.45, 7) is 4.32. The number of ether oxygens (including phenoxy) is 1. The van der Waals surface area contributed by atoms with Crippen molar-refractivity contribution < 1.29 is 9.53 Å². The molecule has 0 aliphatic rings. The molecule has 0 heterocycles. The molecule has 0 atom stereocenters. The molecule has 0 aromatic heterocycles. The second kappa shape index (κ2) is 5.15. The molecule has 0 amide bonds. The number of benzene rings is 1. The van der Waals surface area contributed by atoms with Crippen molar-refractivity contribution in [2.24, 2.45) is 0 Å². The second-order valence-corrected chi connectivity index (χ2v) is 3.68. The molecule has 14 heavy (non-hydrogen) atoms. The normalized spacial score (nSPS) is 9.93. The first kappa shape index (κ1) is 11.2. The van der Waals surface area contributed by atoms with Gasteiger partial charge in [0.25, 0.3) is 0 Å². The van der Waals surface area contributed by atoms with E-state index >= 15 is 0 Å². The lowest BCUT2D eigenvalue weighted by Crippen LogP contribution is -2.03. The Labute approximate surface area is 92.4 Å². The van der Waals surface area contributed by atoms with Crippen molar-refractivity contribution in [3.63, 3.8) is 0 Å². The van der Waals surface area contributed by atoms with Crippen LogP contribution < -0.4 is 4.74 Å². The van der Waals surface area contributed by atoms with Crippen LogP contribution in [0.15, 0.2) is 22.7 Å². The minimum Gasteiger partial charge on any atom is -0.493 e. The topological polar surface area (TPSA) is 26.3 Å². The fourth-order valence-corrected chi connectivity index (χ4v) is 1.80. The molecule has 0 spiro atoms. The van der Waals surface area contributed by atoms with Gasteiger partial charge in [0.2, 0.25) is 0 Å². The molecule has 0 aliphatic carbocycles. The Morgan fingerprint density at radius 3 is 2.71 bits per heavy atom. The summed E-state index contributed by atoms with van der Waals surface area (Å²) in [6.07, 6.45) is 0.489. The Kier molecular flexibility index (Phi) is 4.14. The van der Waals surface area contributed by atoms with Gasteiger partial charge in [0.1, 0.15) is 5.75 Å². The number of carbonyl (C=O) groups excluding carboxylic acids is 1. The van der Waals surface area contributed by atoms with Crippen LogP contribution in [0, 0.1) is 0 Å². The van der Waals surface area contributed by atoms with Crippen LogP contribution in [0.1, 0.15) is 30.6 Å². The zero-order valence-electron chi connectivity index (χ0n) is 8.34. The van der Waals surface area contributed by atoms with Gasteiger partial charge in [-0.1, -0.05) is 13.0 Å². The van der Waals surface area contributed by atoms with E-state index in [2.05, 4.69) is 15.9 Å². The maximum Gasteiger partial charge on any atom is 0.167 e. The van der Waals surface area contributed by atoms with Crippen molar-refractivity contribution in [1.82, 2.24) is 0 Å². The summed E-state index contributed by atoms with van der Waals surface area (Å²) in [6, 6.07) is 5.53. The van der Waals surface area contributed by atoms with Crippen LogP contribution in [0.3, 0.4) is 0 Å². The zero-order chi connectivity index (χ0) is 10.6. The monoisotopic (exact) mass is 256 g/mol. The molecule has 0 radical (unpaired) electrons. The molecule has 0 saturated carbocycles. The molecule has 2 nitrogen and oxygen atoms in total. The molecule has 0 N–H and O–H groups in total. The largest absolute Gasteiger partial charge is 0.493 e. The zero-order valence-corrected chi connectivity index (χ0v) is 9.93. The summed E-state index contributed by atoms with van der Waals surface area (Å²) in [4.78, 5) is 11.6. The van der Waals surface area contributed by atoms with E-state index < -0.39 is 0 Å². The maximum absolute atomic E-state index is 11.6. The average molecular weight is 257 g/mol. The minimum atomic E-state index is 0.0981. The van der Waals surface area contributed by atoms with Crippen molar-refractivity contribution >= 4 is 21.7 Å². The van der Waals surface area contributed by atoms with Crippen LogP contribution in [-0.2, 0) is 0 Å². The standard InChI is InChI=1S/C11H13BrO2/c1-3-9(13)11-8(12)6-5-7-10(11)14-4-2/h5-7H,3-4H2,1-2H3. The van der Waals surface area contributed by atoms with Crippen LogP contribution >= 0.6 is 15.9 Å². The van der Waals surface area contributed by atoms with Crippen LogP contribution in [0.2, 0.25) is 0 Å².